The zero-order valence-electron chi connectivity index (χ0n) is 16.8. The molecule has 156 valence electrons. The lowest BCUT2D eigenvalue weighted by Gasteiger charge is -2.52. The van der Waals surface area contributed by atoms with Crippen molar-refractivity contribution < 1.29 is 14.6 Å². The summed E-state index contributed by atoms with van der Waals surface area (Å²) < 4.78 is 8.13. The molecule has 2 aliphatic heterocycles. The molecular formula is C21H29N5O3. The molecule has 2 saturated heterocycles. The molecule has 29 heavy (non-hydrogen) atoms. The molecular weight excluding hydrogens is 370 g/mol. The maximum Gasteiger partial charge on any atom is 0.251 e. The lowest BCUT2D eigenvalue weighted by Crippen LogP contribution is -2.65. The van der Waals surface area contributed by atoms with Gasteiger partial charge in [0.25, 0.3) is 5.91 Å². The number of piperidine rings is 1. The summed E-state index contributed by atoms with van der Waals surface area (Å²) in [5.41, 5.74) is -0.411. The first-order valence-electron chi connectivity index (χ1n) is 10.2. The van der Waals surface area contributed by atoms with Gasteiger partial charge in [-0.2, -0.15) is 0 Å². The Morgan fingerprint density at radius 2 is 1.90 bits per heavy atom. The van der Waals surface area contributed by atoms with Gasteiger partial charge in [-0.3, -0.25) is 4.79 Å². The molecule has 8 heteroatoms. The van der Waals surface area contributed by atoms with Crippen molar-refractivity contribution in [3.63, 3.8) is 0 Å². The van der Waals surface area contributed by atoms with Gasteiger partial charge >= 0.3 is 0 Å². The van der Waals surface area contributed by atoms with E-state index < -0.39 is 11.6 Å². The number of rotatable bonds is 5. The van der Waals surface area contributed by atoms with Crippen LogP contribution < -0.4 is 5.32 Å². The van der Waals surface area contributed by atoms with Crippen LogP contribution in [-0.2, 0) is 11.3 Å². The molecule has 0 aliphatic carbocycles. The minimum Gasteiger partial charge on any atom is -0.388 e. The standard InChI is InChI=1S/C21H29N5O3/c1-20(24-19(28)17-5-3-2-4-6-17)14-21(29-13-18(20)27)7-9-25(10-8-21)11-12-26-15-22-23-16-26/h2-6,15-16,18,27H,7-14H2,1H3,(H,24,28)/t18-,20-/m1/s1. The number of likely N-dealkylation sites (tertiary alicyclic amines) is 1. The van der Waals surface area contributed by atoms with Crippen molar-refractivity contribution in [3.05, 3.63) is 48.5 Å². The number of benzene rings is 1. The fourth-order valence-electron chi connectivity index (χ4n) is 4.43. The Morgan fingerprint density at radius 1 is 1.21 bits per heavy atom. The molecule has 8 nitrogen and oxygen atoms in total. The van der Waals surface area contributed by atoms with Crippen molar-refractivity contribution >= 4 is 5.91 Å². The Bertz CT molecular complexity index is 805. The SMILES string of the molecule is C[C@@]1(NC(=O)c2ccccc2)CC2(CCN(CCn3cnnc3)CC2)OC[C@H]1O. The fraction of sp³-hybridized carbons (Fsp3) is 0.571. The summed E-state index contributed by atoms with van der Waals surface area (Å²) in [7, 11) is 0. The minimum absolute atomic E-state index is 0.157. The van der Waals surface area contributed by atoms with Crippen molar-refractivity contribution in [3.8, 4) is 0 Å². The zero-order valence-corrected chi connectivity index (χ0v) is 16.8. The predicted octanol–water partition coefficient (Wildman–Crippen LogP) is 1.08. The van der Waals surface area contributed by atoms with Gasteiger partial charge in [-0.1, -0.05) is 18.2 Å². The second-order valence-corrected chi connectivity index (χ2v) is 8.47. The molecule has 0 saturated carbocycles. The molecule has 1 aromatic carbocycles. The van der Waals surface area contributed by atoms with Crippen LogP contribution in [0.1, 0.15) is 36.5 Å². The van der Waals surface area contributed by atoms with Crippen molar-refractivity contribution in [2.45, 2.75) is 50.0 Å². The predicted molar refractivity (Wildman–Crippen MR) is 107 cm³/mol. The first kappa shape index (κ1) is 20.0. The first-order chi connectivity index (χ1) is 14.0. The van der Waals surface area contributed by atoms with E-state index in [0.717, 1.165) is 39.0 Å². The van der Waals surface area contributed by atoms with Crippen molar-refractivity contribution in [1.82, 2.24) is 25.0 Å². The lowest BCUT2D eigenvalue weighted by molar-refractivity contribution is -0.177. The van der Waals surface area contributed by atoms with Crippen LogP contribution in [0, 0.1) is 0 Å². The average Bonchev–Trinajstić information content (AvgIpc) is 3.25. The Hall–Kier alpha value is -2.29. The van der Waals surface area contributed by atoms with Crippen LogP contribution in [0.2, 0.25) is 0 Å². The van der Waals surface area contributed by atoms with E-state index in [9.17, 15) is 9.90 Å². The van der Waals surface area contributed by atoms with Crippen LogP contribution in [0.4, 0.5) is 0 Å². The molecule has 0 radical (unpaired) electrons. The van der Waals surface area contributed by atoms with Gasteiger partial charge in [0.15, 0.2) is 0 Å². The van der Waals surface area contributed by atoms with Crippen LogP contribution in [0.3, 0.4) is 0 Å². The Kier molecular flexibility index (Phi) is 5.67. The Balaban J connectivity index is 1.36. The molecule has 1 spiro atoms. The third-order valence-corrected chi connectivity index (χ3v) is 6.32. The second-order valence-electron chi connectivity index (χ2n) is 8.47. The van der Waals surface area contributed by atoms with Crippen LogP contribution in [0.25, 0.3) is 0 Å². The molecule has 1 aromatic heterocycles. The van der Waals surface area contributed by atoms with Gasteiger partial charge < -0.3 is 24.6 Å². The fourth-order valence-corrected chi connectivity index (χ4v) is 4.43. The minimum atomic E-state index is -0.729. The van der Waals surface area contributed by atoms with Gasteiger partial charge in [0.1, 0.15) is 18.8 Å². The molecule has 0 unspecified atom stereocenters. The maximum absolute atomic E-state index is 12.7. The van der Waals surface area contributed by atoms with Crippen LogP contribution in [-0.4, -0.2) is 74.2 Å². The van der Waals surface area contributed by atoms with Crippen LogP contribution >= 0.6 is 0 Å². The van der Waals surface area contributed by atoms with Gasteiger partial charge in [-0.15, -0.1) is 10.2 Å². The summed E-state index contributed by atoms with van der Waals surface area (Å²) in [4.78, 5) is 15.1. The summed E-state index contributed by atoms with van der Waals surface area (Å²) in [5, 5.41) is 21.4. The first-order valence-corrected chi connectivity index (χ1v) is 10.2. The van der Waals surface area contributed by atoms with Crippen molar-refractivity contribution in [2.24, 2.45) is 0 Å². The monoisotopic (exact) mass is 399 g/mol. The second kappa shape index (κ2) is 8.22. The number of aliphatic hydroxyl groups is 1. The highest BCUT2D eigenvalue weighted by Crippen LogP contribution is 2.39. The number of amides is 1. The van der Waals surface area contributed by atoms with Crippen LogP contribution in [0.15, 0.2) is 43.0 Å². The van der Waals surface area contributed by atoms with Crippen LogP contribution in [0.5, 0.6) is 0 Å². The highest BCUT2D eigenvalue weighted by atomic mass is 16.5. The molecule has 2 atom stereocenters. The summed E-state index contributed by atoms with van der Waals surface area (Å²) in [6, 6.07) is 9.14. The molecule has 2 aromatic rings. The molecule has 3 heterocycles. The van der Waals surface area contributed by atoms with Crippen molar-refractivity contribution in [2.75, 3.05) is 26.2 Å². The van der Waals surface area contributed by atoms with Gasteiger partial charge in [0.05, 0.1) is 17.7 Å². The molecule has 4 rings (SSSR count). The smallest absolute Gasteiger partial charge is 0.251 e. The highest BCUT2D eigenvalue weighted by molar-refractivity contribution is 5.94. The number of hydrogen-bond donors (Lipinski definition) is 2. The normalized spacial score (nSPS) is 27.0. The Morgan fingerprint density at radius 3 is 2.59 bits per heavy atom. The van der Waals surface area contributed by atoms with E-state index >= 15 is 0 Å². The number of nitrogens with zero attached hydrogens (tertiary/aromatic N) is 4. The molecule has 2 N–H and O–H groups in total. The average molecular weight is 399 g/mol. The lowest BCUT2D eigenvalue weighted by atomic mass is 9.74. The number of carbonyl (C=O) groups is 1. The quantitative estimate of drug-likeness (QED) is 0.782. The van der Waals surface area contributed by atoms with Gasteiger partial charge in [0, 0.05) is 38.2 Å². The van der Waals surface area contributed by atoms with E-state index in [4.69, 9.17) is 4.74 Å². The highest BCUT2D eigenvalue weighted by Gasteiger charge is 2.50. The number of carbonyl (C=O) groups excluding carboxylic acids is 1. The largest absolute Gasteiger partial charge is 0.388 e. The van der Waals surface area contributed by atoms with E-state index in [1.165, 1.54) is 0 Å². The van der Waals surface area contributed by atoms with Gasteiger partial charge in [0.2, 0.25) is 0 Å². The van der Waals surface area contributed by atoms with E-state index in [-0.39, 0.29) is 18.1 Å². The Labute approximate surface area is 170 Å². The van der Waals surface area contributed by atoms with E-state index in [1.807, 2.05) is 29.7 Å². The number of aliphatic hydroxyl groups excluding tert-OH is 1. The summed E-state index contributed by atoms with van der Waals surface area (Å²) in [5.74, 6) is -0.157. The topological polar surface area (TPSA) is 92.5 Å². The summed E-state index contributed by atoms with van der Waals surface area (Å²) in [6.07, 6.45) is 5.12. The maximum atomic E-state index is 12.7. The van der Waals surface area contributed by atoms with E-state index in [0.29, 0.717) is 12.0 Å². The summed E-state index contributed by atoms with van der Waals surface area (Å²) in [6.45, 7) is 5.85. The molecule has 0 bridgehead atoms. The van der Waals surface area contributed by atoms with Gasteiger partial charge in [-0.25, -0.2) is 0 Å². The molecule has 2 fully saturated rings. The third-order valence-electron chi connectivity index (χ3n) is 6.32. The molecule has 2 aliphatic rings. The summed E-state index contributed by atoms with van der Waals surface area (Å²) >= 11 is 0. The van der Waals surface area contributed by atoms with E-state index in [2.05, 4.69) is 20.4 Å². The number of hydrogen-bond acceptors (Lipinski definition) is 6. The number of ether oxygens (including phenoxy) is 1. The zero-order chi connectivity index (χ0) is 20.3. The van der Waals surface area contributed by atoms with Crippen molar-refractivity contribution in [1.29, 1.82) is 0 Å². The number of aromatic nitrogens is 3. The van der Waals surface area contributed by atoms with E-state index in [1.54, 1.807) is 24.8 Å². The molecule has 1 amide bonds. The number of nitrogens with one attached hydrogen (secondary N) is 1. The van der Waals surface area contributed by atoms with Gasteiger partial charge in [-0.05, 0) is 31.9 Å². The third kappa shape index (κ3) is 4.49.